The van der Waals surface area contributed by atoms with Crippen LogP contribution >= 0.6 is 27.5 Å². The lowest BCUT2D eigenvalue weighted by molar-refractivity contribution is -0.113. The van der Waals surface area contributed by atoms with E-state index in [-0.39, 0.29) is 11.5 Å². The first kappa shape index (κ1) is 18.2. The molecule has 0 saturated heterocycles. The van der Waals surface area contributed by atoms with Gasteiger partial charge in [-0.05, 0) is 32.0 Å². The molecule has 7 nitrogen and oxygen atoms in total. The Kier molecular flexibility index (Phi) is 4.88. The Hall–Kier alpha value is -2.58. The van der Waals surface area contributed by atoms with Gasteiger partial charge in [0.05, 0.1) is 27.6 Å². The fourth-order valence-electron chi connectivity index (χ4n) is 2.25. The smallest absolute Gasteiger partial charge is 0.281 e. The number of nitrogens with one attached hydrogen (secondary N) is 1. The summed E-state index contributed by atoms with van der Waals surface area (Å²) in [6.07, 6.45) is 0. The lowest BCUT2D eigenvalue weighted by Crippen LogP contribution is -2.25. The summed E-state index contributed by atoms with van der Waals surface area (Å²) in [5, 5.41) is 7.29. The average Bonchev–Trinajstić information content (AvgIpc) is 2.94. The number of carbonyl (C=O) groups excluding carboxylic acids is 2. The molecule has 2 aromatic rings. The lowest BCUT2D eigenvalue weighted by Gasteiger charge is -2.13. The molecule has 1 aliphatic heterocycles. The van der Waals surface area contributed by atoms with Crippen molar-refractivity contribution in [2.45, 2.75) is 13.8 Å². The largest absolute Gasteiger partial charge is 0.306 e. The number of aryl methyl sites for hydroxylation is 1. The van der Waals surface area contributed by atoms with E-state index in [1.807, 2.05) is 0 Å². The highest BCUT2D eigenvalue weighted by molar-refractivity contribution is 9.10. The minimum Gasteiger partial charge on any atom is -0.306 e. The molecule has 132 valence electrons. The van der Waals surface area contributed by atoms with Crippen LogP contribution in [0.4, 0.5) is 5.82 Å². The third-order valence-electron chi connectivity index (χ3n) is 3.60. The topological polar surface area (TPSA) is 88.7 Å². The van der Waals surface area contributed by atoms with Gasteiger partial charge < -0.3 is 5.32 Å². The maximum absolute atomic E-state index is 12.6. The number of hydrogen-bond donors (Lipinski definition) is 1. The molecule has 0 saturated carbocycles. The van der Waals surface area contributed by atoms with Gasteiger partial charge in [-0.25, -0.2) is 4.99 Å². The number of amides is 2. The van der Waals surface area contributed by atoms with Crippen LogP contribution in [0.2, 0.25) is 5.02 Å². The summed E-state index contributed by atoms with van der Waals surface area (Å²) in [5.41, 5.74) is 1.58. The van der Waals surface area contributed by atoms with E-state index in [0.29, 0.717) is 27.8 Å². The van der Waals surface area contributed by atoms with Crippen LogP contribution in [-0.2, 0) is 4.79 Å². The van der Waals surface area contributed by atoms with Crippen molar-refractivity contribution in [1.29, 1.82) is 0 Å². The fourth-order valence-corrected chi connectivity index (χ4v) is 2.81. The Morgan fingerprint density at radius 1 is 1.27 bits per heavy atom. The van der Waals surface area contributed by atoms with Crippen molar-refractivity contribution in [3.05, 3.63) is 57.2 Å². The van der Waals surface area contributed by atoms with Crippen molar-refractivity contribution in [1.82, 2.24) is 9.78 Å². The minimum atomic E-state index is -0.493. The molecule has 1 aromatic heterocycles. The molecule has 26 heavy (non-hydrogen) atoms. The highest BCUT2D eigenvalue weighted by Crippen LogP contribution is 2.23. The average molecular weight is 435 g/mol. The monoisotopic (exact) mass is 433 g/mol. The Balaban J connectivity index is 1.97. The predicted octanol–water partition coefficient (Wildman–Crippen LogP) is 3.62. The van der Waals surface area contributed by atoms with Gasteiger partial charge in [0.15, 0.2) is 0 Å². The number of nitrogens with zero attached hydrogens (tertiary/aromatic N) is 4. The summed E-state index contributed by atoms with van der Waals surface area (Å²) in [4.78, 5) is 32.6. The number of rotatable bonds is 2. The Morgan fingerprint density at radius 3 is 2.69 bits per heavy atom. The first-order valence-corrected chi connectivity index (χ1v) is 8.64. The molecule has 0 bridgehead atoms. The number of hydrogen-bond acceptors (Lipinski definition) is 4. The zero-order chi connectivity index (χ0) is 19.0. The van der Waals surface area contributed by atoms with E-state index < -0.39 is 11.8 Å². The van der Waals surface area contributed by atoms with Crippen molar-refractivity contribution in [3.63, 3.8) is 0 Å². The lowest BCUT2D eigenvalue weighted by atomic mass is 10.2. The second kappa shape index (κ2) is 6.97. The van der Waals surface area contributed by atoms with E-state index in [1.54, 1.807) is 38.1 Å². The van der Waals surface area contributed by atoms with Crippen molar-refractivity contribution in [3.8, 4) is 0 Å². The fraction of sp³-hybridized carbons (Fsp3) is 0.118. The van der Waals surface area contributed by atoms with E-state index >= 15 is 0 Å². The highest BCUT2D eigenvalue weighted by atomic mass is 79.9. The molecule has 3 rings (SSSR count). The Bertz CT molecular complexity index is 1020. The van der Waals surface area contributed by atoms with Gasteiger partial charge in [0, 0.05) is 10.5 Å². The van der Waals surface area contributed by atoms with E-state index in [1.165, 1.54) is 4.68 Å². The molecule has 9 heteroatoms. The molecule has 1 aromatic carbocycles. The van der Waals surface area contributed by atoms with Gasteiger partial charge in [-0.3, -0.25) is 9.59 Å². The summed E-state index contributed by atoms with van der Waals surface area (Å²) in [7, 11) is 0. The molecule has 0 spiro atoms. The molecule has 0 atom stereocenters. The van der Waals surface area contributed by atoms with Gasteiger partial charge in [-0.1, -0.05) is 34.1 Å². The quantitative estimate of drug-likeness (QED) is 0.732. The van der Waals surface area contributed by atoms with Crippen LogP contribution in [0.5, 0.6) is 0 Å². The zero-order valence-electron chi connectivity index (χ0n) is 13.9. The molecule has 0 aliphatic carbocycles. The third kappa shape index (κ3) is 3.51. The first-order chi connectivity index (χ1) is 12.3. The van der Waals surface area contributed by atoms with Crippen LogP contribution in [0.25, 0.3) is 0 Å². The van der Waals surface area contributed by atoms with E-state index in [9.17, 15) is 9.59 Å². The van der Waals surface area contributed by atoms with Crippen molar-refractivity contribution in [2.24, 2.45) is 9.98 Å². The van der Waals surface area contributed by atoms with Gasteiger partial charge in [0.25, 0.3) is 17.8 Å². The Morgan fingerprint density at radius 2 is 2.00 bits per heavy atom. The normalized spacial score (nSPS) is 14.2. The third-order valence-corrected chi connectivity index (χ3v) is 4.42. The molecule has 2 heterocycles. The summed E-state index contributed by atoms with van der Waals surface area (Å²) < 4.78 is 2.02. The summed E-state index contributed by atoms with van der Waals surface area (Å²) in [6, 6.07) is 6.61. The number of aliphatic imine (C=N–C) groups is 2. The minimum absolute atomic E-state index is 0.0589. The number of carbonyl (C=O) groups is 2. The standard InChI is InChI=1S/C17H13BrClN5O2/c1-8-6-14(21-16(26)12-7-11(18)4-5-13(12)19)24(23-8)17-20-10(3)9(2)15(25)22-17/h4-7H,2H2,1,3H3,(H,21,26). The van der Waals surface area contributed by atoms with Gasteiger partial charge in [0.2, 0.25) is 0 Å². The second-order valence-corrected chi connectivity index (χ2v) is 6.88. The molecule has 0 fully saturated rings. The summed E-state index contributed by atoms with van der Waals surface area (Å²) in [5.74, 6) is -0.541. The molecule has 2 amide bonds. The van der Waals surface area contributed by atoms with Gasteiger partial charge in [-0.15, -0.1) is 0 Å². The number of anilines is 1. The van der Waals surface area contributed by atoms with Crippen LogP contribution in [0.3, 0.4) is 0 Å². The SMILES string of the molecule is C=C1C(=O)N=C(n2nc(C)cc2NC(=O)c2cc(Br)ccc2Cl)N=C1C. The van der Waals surface area contributed by atoms with Crippen LogP contribution < -0.4 is 5.32 Å². The Labute approximate surface area is 162 Å². The maximum Gasteiger partial charge on any atom is 0.281 e. The zero-order valence-corrected chi connectivity index (χ0v) is 16.2. The van der Waals surface area contributed by atoms with Crippen molar-refractivity contribution in [2.75, 3.05) is 5.32 Å². The van der Waals surface area contributed by atoms with Gasteiger partial charge in [0.1, 0.15) is 5.82 Å². The maximum atomic E-state index is 12.6. The molecule has 1 N–H and O–H groups in total. The van der Waals surface area contributed by atoms with Crippen LogP contribution in [0.15, 0.2) is 50.9 Å². The number of halogens is 2. The molecule has 0 radical (unpaired) electrons. The van der Waals surface area contributed by atoms with E-state index in [4.69, 9.17) is 11.6 Å². The number of benzene rings is 1. The molecule has 1 aliphatic rings. The highest BCUT2D eigenvalue weighted by Gasteiger charge is 2.22. The van der Waals surface area contributed by atoms with E-state index in [0.717, 1.165) is 4.47 Å². The first-order valence-electron chi connectivity index (χ1n) is 7.47. The second-order valence-electron chi connectivity index (χ2n) is 5.55. The van der Waals surface area contributed by atoms with Crippen molar-refractivity contribution >= 4 is 56.8 Å². The van der Waals surface area contributed by atoms with Crippen LogP contribution in [0, 0.1) is 6.92 Å². The summed E-state index contributed by atoms with van der Waals surface area (Å²) in [6.45, 7) is 7.04. The number of aromatic nitrogens is 2. The van der Waals surface area contributed by atoms with E-state index in [2.05, 4.69) is 42.9 Å². The van der Waals surface area contributed by atoms with Crippen molar-refractivity contribution < 1.29 is 9.59 Å². The molecular formula is C17H13BrClN5O2. The predicted molar refractivity (Wildman–Crippen MR) is 104 cm³/mol. The summed E-state index contributed by atoms with van der Waals surface area (Å²) >= 11 is 9.41. The molecular weight excluding hydrogens is 422 g/mol. The van der Waals surface area contributed by atoms with Crippen LogP contribution in [0.1, 0.15) is 23.0 Å². The van der Waals surface area contributed by atoms with Gasteiger partial charge in [-0.2, -0.15) is 14.8 Å². The van der Waals surface area contributed by atoms with Gasteiger partial charge >= 0.3 is 0 Å². The van der Waals surface area contributed by atoms with Crippen LogP contribution in [-0.4, -0.2) is 33.3 Å². The molecule has 0 unspecified atom stereocenters.